The number of carbonyl (C=O) groups excluding carboxylic acids is 1. The van der Waals surface area contributed by atoms with Crippen molar-refractivity contribution in [2.75, 3.05) is 20.9 Å². The summed E-state index contributed by atoms with van der Waals surface area (Å²) < 4.78 is 56.5. The molecule has 214 valence electrons. The summed E-state index contributed by atoms with van der Waals surface area (Å²) in [6.45, 7) is 4.93. The number of amides is 1. The van der Waals surface area contributed by atoms with Crippen LogP contribution in [0.1, 0.15) is 16.7 Å². The molecule has 0 bridgehead atoms. The molecule has 0 atom stereocenters. The molecule has 1 amide bonds. The number of hydrogen-bond donors (Lipinski definition) is 2. The van der Waals surface area contributed by atoms with Crippen LogP contribution in [0.25, 0.3) is 0 Å². The summed E-state index contributed by atoms with van der Waals surface area (Å²) in [6, 6.07) is 21.2. The Morgan fingerprint density at radius 3 is 2.05 bits per heavy atom. The van der Waals surface area contributed by atoms with Gasteiger partial charge in [-0.1, -0.05) is 35.3 Å². The van der Waals surface area contributed by atoms with E-state index in [1.165, 1.54) is 48.5 Å². The Labute approximate surface area is 250 Å². The van der Waals surface area contributed by atoms with E-state index < -0.39 is 32.5 Å². The fourth-order valence-corrected chi connectivity index (χ4v) is 6.74. The summed E-state index contributed by atoms with van der Waals surface area (Å²) in [4.78, 5) is 13.0. The molecular weight excluding hydrogens is 605 g/mol. The van der Waals surface area contributed by atoms with Crippen LogP contribution in [0.3, 0.4) is 0 Å². The topological polar surface area (TPSA) is 113 Å². The first-order valence-corrected chi connectivity index (χ1v) is 16.0. The van der Waals surface area contributed by atoms with Crippen molar-refractivity contribution in [1.82, 2.24) is 0 Å². The molecule has 0 aliphatic rings. The van der Waals surface area contributed by atoms with Crippen molar-refractivity contribution >= 4 is 66.2 Å². The van der Waals surface area contributed by atoms with Crippen molar-refractivity contribution < 1.29 is 21.6 Å². The molecule has 0 radical (unpaired) electrons. The maximum atomic E-state index is 13.6. The third-order valence-corrected chi connectivity index (χ3v) is 10.3. The Balaban J connectivity index is 1.55. The van der Waals surface area contributed by atoms with Gasteiger partial charge in [0.05, 0.1) is 21.2 Å². The predicted molar refractivity (Wildman–Crippen MR) is 164 cm³/mol. The number of benzene rings is 4. The molecule has 41 heavy (non-hydrogen) atoms. The molecule has 0 aliphatic carbocycles. The highest BCUT2D eigenvalue weighted by Gasteiger charge is 2.28. The number of sulfonamides is 2. The minimum Gasteiger partial charge on any atom is -0.325 e. The molecule has 0 saturated carbocycles. The normalized spacial score (nSPS) is 11.6. The second-order valence-corrected chi connectivity index (χ2v) is 13.7. The van der Waals surface area contributed by atoms with Gasteiger partial charge in [0.1, 0.15) is 6.54 Å². The zero-order valence-corrected chi connectivity index (χ0v) is 25.5. The molecule has 4 aromatic carbocycles. The second-order valence-electron chi connectivity index (χ2n) is 9.32. The highest BCUT2D eigenvalue weighted by atomic mass is 35.5. The number of anilines is 3. The van der Waals surface area contributed by atoms with Gasteiger partial charge in [-0.15, -0.1) is 0 Å². The summed E-state index contributed by atoms with van der Waals surface area (Å²) >= 11 is 12.0. The van der Waals surface area contributed by atoms with Crippen molar-refractivity contribution in [2.24, 2.45) is 0 Å². The molecule has 0 heterocycles. The van der Waals surface area contributed by atoms with E-state index in [2.05, 4.69) is 10.0 Å². The van der Waals surface area contributed by atoms with E-state index in [0.29, 0.717) is 27.0 Å². The largest absolute Gasteiger partial charge is 0.325 e. The minimum absolute atomic E-state index is 0.0232. The third-order valence-electron chi connectivity index (χ3n) is 6.43. The van der Waals surface area contributed by atoms with E-state index in [0.717, 1.165) is 15.4 Å². The van der Waals surface area contributed by atoms with E-state index in [4.69, 9.17) is 23.2 Å². The van der Waals surface area contributed by atoms with Crippen LogP contribution < -0.4 is 14.3 Å². The molecule has 2 N–H and O–H groups in total. The maximum absolute atomic E-state index is 13.6. The number of nitrogens with one attached hydrogen (secondary N) is 2. The molecule has 0 fully saturated rings. The Morgan fingerprint density at radius 1 is 0.780 bits per heavy atom. The molecule has 8 nitrogen and oxygen atoms in total. The first-order valence-electron chi connectivity index (χ1n) is 12.3. The lowest BCUT2D eigenvalue weighted by molar-refractivity contribution is -0.114. The van der Waals surface area contributed by atoms with E-state index in [1.807, 2.05) is 13.8 Å². The van der Waals surface area contributed by atoms with Gasteiger partial charge in [0.25, 0.3) is 20.0 Å². The molecule has 4 aromatic rings. The highest BCUT2D eigenvalue weighted by Crippen LogP contribution is 2.28. The lowest BCUT2D eigenvalue weighted by Crippen LogP contribution is -2.38. The van der Waals surface area contributed by atoms with Gasteiger partial charge in [0.15, 0.2) is 0 Å². The van der Waals surface area contributed by atoms with Crippen LogP contribution in [-0.4, -0.2) is 29.3 Å². The van der Waals surface area contributed by atoms with Gasteiger partial charge in [-0.2, -0.15) is 0 Å². The van der Waals surface area contributed by atoms with E-state index in [-0.39, 0.29) is 15.5 Å². The molecule has 0 aliphatic heterocycles. The van der Waals surface area contributed by atoms with Gasteiger partial charge < -0.3 is 5.32 Å². The monoisotopic (exact) mass is 631 g/mol. The van der Waals surface area contributed by atoms with Gasteiger partial charge in [-0.3, -0.25) is 13.8 Å². The zero-order chi connectivity index (χ0) is 29.9. The number of carbonyl (C=O) groups is 1. The van der Waals surface area contributed by atoms with E-state index in [9.17, 15) is 21.6 Å². The third kappa shape index (κ3) is 7.02. The number of rotatable bonds is 9. The van der Waals surface area contributed by atoms with E-state index in [1.54, 1.807) is 43.3 Å². The maximum Gasteiger partial charge on any atom is 0.264 e. The quantitative estimate of drug-likeness (QED) is 0.217. The summed E-state index contributed by atoms with van der Waals surface area (Å²) in [6.07, 6.45) is 0. The van der Waals surface area contributed by atoms with Crippen LogP contribution in [0.5, 0.6) is 0 Å². The minimum atomic E-state index is -4.13. The van der Waals surface area contributed by atoms with E-state index >= 15 is 0 Å². The SMILES string of the molecule is Cc1ccc(N(CC(=O)Nc2ccc(S(=O)(=O)Nc3cccc(Cl)c3C)cc2)S(=O)(=O)c2ccc(Cl)cc2)cc1C. The molecule has 12 heteroatoms. The number of aryl methyl sites for hydroxylation is 2. The fraction of sp³-hybridized carbons (Fsp3) is 0.138. The standard InChI is InChI=1S/C29H27Cl2N3O5S2/c1-19-7-12-24(17-20(19)2)34(41(38,39)26-13-8-22(30)9-14-26)18-29(35)32-23-10-15-25(16-11-23)40(36,37)33-28-6-4-5-27(31)21(28)3/h4-17,33H,18H2,1-3H3,(H,32,35). The van der Waals surface area contributed by atoms with Crippen molar-refractivity contribution in [3.8, 4) is 0 Å². The average molecular weight is 633 g/mol. The first-order chi connectivity index (χ1) is 19.3. The average Bonchev–Trinajstić information content (AvgIpc) is 2.92. The molecule has 0 unspecified atom stereocenters. The van der Waals surface area contributed by atoms with Gasteiger partial charge in [0, 0.05) is 15.7 Å². The van der Waals surface area contributed by atoms with Crippen LogP contribution in [0.15, 0.2) is 94.7 Å². The van der Waals surface area contributed by atoms with Crippen molar-refractivity contribution in [3.05, 3.63) is 112 Å². The number of hydrogen-bond acceptors (Lipinski definition) is 5. The van der Waals surface area contributed by atoms with Crippen molar-refractivity contribution in [3.63, 3.8) is 0 Å². The molecule has 0 saturated heterocycles. The summed E-state index contributed by atoms with van der Waals surface area (Å²) in [5, 5.41) is 3.45. The Bertz CT molecular complexity index is 1810. The lowest BCUT2D eigenvalue weighted by Gasteiger charge is -2.25. The Kier molecular flexibility index (Phi) is 8.98. The molecule has 0 aromatic heterocycles. The van der Waals surface area contributed by atoms with Gasteiger partial charge in [-0.05, 0) is 110 Å². The molecule has 4 rings (SSSR count). The summed E-state index contributed by atoms with van der Waals surface area (Å²) in [7, 11) is -8.07. The van der Waals surface area contributed by atoms with Crippen molar-refractivity contribution in [1.29, 1.82) is 0 Å². The van der Waals surface area contributed by atoms with Gasteiger partial charge in [-0.25, -0.2) is 16.8 Å². The van der Waals surface area contributed by atoms with Crippen LogP contribution in [0.4, 0.5) is 17.1 Å². The molecule has 0 spiro atoms. The van der Waals surface area contributed by atoms with Crippen LogP contribution >= 0.6 is 23.2 Å². The van der Waals surface area contributed by atoms with Crippen molar-refractivity contribution in [2.45, 2.75) is 30.6 Å². The summed E-state index contributed by atoms with van der Waals surface area (Å²) in [5.41, 5.74) is 3.38. The number of nitrogens with zero attached hydrogens (tertiary/aromatic N) is 1. The van der Waals surface area contributed by atoms with Crippen LogP contribution in [0.2, 0.25) is 10.0 Å². The fourth-order valence-electron chi connectivity index (χ4n) is 3.90. The highest BCUT2D eigenvalue weighted by molar-refractivity contribution is 7.93. The molecular formula is C29H27Cl2N3O5S2. The second kappa shape index (κ2) is 12.1. The summed E-state index contributed by atoms with van der Waals surface area (Å²) in [5.74, 6) is -0.621. The zero-order valence-electron chi connectivity index (χ0n) is 22.4. The Morgan fingerprint density at radius 2 is 1.41 bits per heavy atom. The van der Waals surface area contributed by atoms with Crippen LogP contribution in [-0.2, 0) is 24.8 Å². The van der Waals surface area contributed by atoms with Gasteiger partial charge >= 0.3 is 0 Å². The Hall–Kier alpha value is -3.57. The smallest absolute Gasteiger partial charge is 0.264 e. The van der Waals surface area contributed by atoms with Crippen LogP contribution in [0, 0.1) is 20.8 Å². The van der Waals surface area contributed by atoms with Gasteiger partial charge in [0.2, 0.25) is 5.91 Å². The number of halogens is 2. The lowest BCUT2D eigenvalue weighted by atomic mass is 10.1. The predicted octanol–water partition coefficient (Wildman–Crippen LogP) is 6.55. The first kappa shape index (κ1) is 30.4.